The van der Waals surface area contributed by atoms with Crippen LogP contribution in [0.1, 0.15) is 18.8 Å². The minimum Gasteiger partial charge on any atom is -0.345 e. The number of alkyl halides is 1. The summed E-state index contributed by atoms with van der Waals surface area (Å²) in [6.45, 7) is 1.84. The van der Waals surface area contributed by atoms with Crippen LogP contribution in [0.5, 0.6) is 0 Å². The van der Waals surface area contributed by atoms with Crippen molar-refractivity contribution in [2.24, 2.45) is 0 Å². The molecular weight excluding hydrogens is 263 g/mol. The van der Waals surface area contributed by atoms with Gasteiger partial charge in [0.15, 0.2) is 11.5 Å². The molecule has 0 radical (unpaired) electrons. The summed E-state index contributed by atoms with van der Waals surface area (Å²) in [6.07, 6.45) is 1.86. The molecule has 17 heavy (non-hydrogen) atoms. The van der Waals surface area contributed by atoms with Crippen LogP contribution in [0, 0.1) is 0 Å². The maximum Gasteiger partial charge on any atom is 0.235 e. The van der Waals surface area contributed by atoms with E-state index in [-0.39, 0.29) is 30.2 Å². The molecule has 0 aliphatic heterocycles. The van der Waals surface area contributed by atoms with Crippen molar-refractivity contribution in [3.05, 3.63) is 30.2 Å². The predicted molar refractivity (Wildman–Crippen MR) is 67.5 cm³/mol. The Morgan fingerprint density at radius 1 is 1.53 bits per heavy atom. The van der Waals surface area contributed by atoms with Gasteiger partial charge in [-0.25, -0.2) is 0 Å². The number of pyridine rings is 1. The van der Waals surface area contributed by atoms with Crippen molar-refractivity contribution in [1.82, 2.24) is 19.9 Å². The molecule has 2 aromatic rings. The van der Waals surface area contributed by atoms with Gasteiger partial charge in [0.2, 0.25) is 5.91 Å². The fraction of sp³-hybridized carbons (Fsp3) is 0.300. The first-order chi connectivity index (χ1) is 7.72. The monoisotopic (exact) mass is 274 g/mol. The van der Waals surface area contributed by atoms with E-state index in [2.05, 4.69) is 15.5 Å². The van der Waals surface area contributed by atoms with Gasteiger partial charge < -0.3 is 5.32 Å². The summed E-state index contributed by atoms with van der Waals surface area (Å²) in [4.78, 5) is 11.2. The summed E-state index contributed by atoms with van der Waals surface area (Å²) in [7, 11) is 0. The van der Waals surface area contributed by atoms with E-state index in [0.29, 0.717) is 5.82 Å². The second-order valence-electron chi connectivity index (χ2n) is 3.41. The minimum atomic E-state index is -0.221. The summed E-state index contributed by atoms with van der Waals surface area (Å²) < 4.78 is 1.83. The number of amides is 1. The van der Waals surface area contributed by atoms with Crippen LogP contribution < -0.4 is 5.32 Å². The highest BCUT2D eigenvalue weighted by Gasteiger charge is 2.14. The maximum atomic E-state index is 11.2. The van der Waals surface area contributed by atoms with Gasteiger partial charge in [-0.15, -0.1) is 34.2 Å². The van der Waals surface area contributed by atoms with Crippen molar-refractivity contribution in [3.8, 4) is 0 Å². The van der Waals surface area contributed by atoms with Crippen LogP contribution in [0.4, 0.5) is 0 Å². The third kappa shape index (κ3) is 2.87. The number of carbonyl (C=O) groups excluding carboxylic acids is 1. The smallest absolute Gasteiger partial charge is 0.235 e. The molecule has 1 atom stereocenters. The first-order valence-electron chi connectivity index (χ1n) is 4.87. The number of nitrogens with zero attached hydrogens (tertiary/aromatic N) is 3. The highest BCUT2D eigenvalue weighted by atomic mass is 35.5. The molecule has 1 amide bonds. The summed E-state index contributed by atoms with van der Waals surface area (Å²) in [5.74, 6) is 0.414. The molecule has 0 saturated carbocycles. The number of carbonyl (C=O) groups is 1. The lowest BCUT2D eigenvalue weighted by Gasteiger charge is -2.10. The zero-order chi connectivity index (χ0) is 11.5. The fourth-order valence-electron chi connectivity index (χ4n) is 1.50. The first-order valence-corrected chi connectivity index (χ1v) is 5.41. The van der Waals surface area contributed by atoms with E-state index >= 15 is 0 Å². The lowest BCUT2D eigenvalue weighted by atomic mass is 10.3. The molecule has 0 fully saturated rings. The third-order valence-electron chi connectivity index (χ3n) is 2.23. The first kappa shape index (κ1) is 13.7. The van der Waals surface area contributed by atoms with Crippen molar-refractivity contribution in [3.63, 3.8) is 0 Å². The molecule has 2 heterocycles. The second kappa shape index (κ2) is 5.84. The van der Waals surface area contributed by atoms with Gasteiger partial charge >= 0.3 is 0 Å². The van der Waals surface area contributed by atoms with Gasteiger partial charge in [0.1, 0.15) is 5.88 Å². The lowest BCUT2D eigenvalue weighted by Crippen LogP contribution is -2.28. The van der Waals surface area contributed by atoms with Crippen molar-refractivity contribution in [2.45, 2.75) is 13.0 Å². The molecule has 0 bridgehead atoms. The number of aromatic nitrogens is 3. The van der Waals surface area contributed by atoms with Gasteiger partial charge in [-0.2, -0.15) is 0 Å². The van der Waals surface area contributed by atoms with Gasteiger partial charge in [0.05, 0.1) is 6.04 Å². The van der Waals surface area contributed by atoms with Gasteiger partial charge in [-0.3, -0.25) is 9.20 Å². The summed E-state index contributed by atoms with van der Waals surface area (Å²) >= 11 is 5.42. The molecule has 1 unspecified atom stereocenters. The van der Waals surface area contributed by atoms with E-state index in [0.717, 1.165) is 5.65 Å². The van der Waals surface area contributed by atoms with E-state index in [4.69, 9.17) is 11.6 Å². The summed E-state index contributed by atoms with van der Waals surface area (Å²) in [5.41, 5.74) is 0.754. The largest absolute Gasteiger partial charge is 0.345 e. The van der Waals surface area contributed by atoms with E-state index in [1.807, 2.05) is 35.7 Å². The van der Waals surface area contributed by atoms with Crippen LogP contribution in [0.2, 0.25) is 0 Å². The minimum absolute atomic E-state index is 0. The number of halogens is 2. The molecule has 92 valence electrons. The Kier molecular flexibility index (Phi) is 4.72. The third-order valence-corrected chi connectivity index (χ3v) is 2.47. The van der Waals surface area contributed by atoms with Crippen LogP contribution in [-0.2, 0) is 4.79 Å². The summed E-state index contributed by atoms with van der Waals surface area (Å²) in [5, 5.41) is 10.8. The van der Waals surface area contributed by atoms with Gasteiger partial charge in [-0.05, 0) is 19.1 Å². The van der Waals surface area contributed by atoms with Crippen LogP contribution >= 0.6 is 24.0 Å². The van der Waals surface area contributed by atoms with E-state index in [9.17, 15) is 4.79 Å². The van der Waals surface area contributed by atoms with Crippen molar-refractivity contribution < 1.29 is 4.79 Å². The number of hydrogen-bond acceptors (Lipinski definition) is 3. The quantitative estimate of drug-likeness (QED) is 0.865. The number of hydrogen-bond donors (Lipinski definition) is 1. The second-order valence-corrected chi connectivity index (χ2v) is 3.68. The fourth-order valence-corrected chi connectivity index (χ4v) is 1.58. The van der Waals surface area contributed by atoms with Crippen LogP contribution in [-0.4, -0.2) is 26.4 Å². The highest BCUT2D eigenvalue weighted by molar-refractivity contribution is 6.27. The molecule has 5 nitrogen and oxygen atoms in total. The number of fused-ring (bicyclic) bond motifs is 1. The number of nitrogens with one attached hydrogen (secondary N) is 1. The number of rotatable bonds is 3. The highest BCUT2D eigenvalue weighted by Crippen LogP contribution is 2.11. The molecule has 0 aliphatic rings. The zero-order valence-electron chi connectivity index (χ0n) is 9.13. The topological polar surface area (TPSA) is 59.3 Å². The molecule has 2 rings (SSSR count). The van der Waals surface area contributed by atoms with Crippen LogP contribution in [0.25, 0.3) is 5.65 Å². The maximum absolute atomic E-state index is 11.2. The van der Waals surface area contributed by atoms with E-state index < -0.39 is 0 Å². The SMILES string of the molecule is CC(NC(=O)CCl)c1nnc2ccccn12.Cl. The summed E-state index contributed by atoms with van der Waals surface area (Å²) in [6, 6.07) is 5.40. The predicted octanol–water partition coefficient (Wildman–Crippen LogP) is 1.57. The van der Waals surface area contributed by atoms with Gasteiger partial charge in [0, 0.05) is 6.20 Å². The van der Waals surface area contributed by atoms with Crippen molar-refractivity contribution in [2.75, 3.05) is 5.88 Å². The molecule has 0 aliphatic carbocycles. The normalized spacial score (nSPS) is 11.9. The van der Waals surface area contributed by atoms with E-state index in [1.54, 1.807) is 0 Å². The molecule has 0 aromatic carbocycles. The molecule has 7 heteroatoms. The molecule has 2 aromatic heterocycles. The Balaban J connectivity index is 0.00000144. The lowest BCUT2D eigenvalue weighted by molar-refractivity contribution is -0.119. The Morgan fingerprint density at radius 3 is 3.00 bits per heavy atom. The molecule has 0 spiro atoms. The average Bonchev–Trinajstić information content (AvgIpc) is 2.72. The van der Waals surface area contributed by atoms with E-state index in [1.165, 1.54) is 0 Å². The Morgan fingerprint density at radius 2 is 2.29 bits per heavy atom. The molecular formula is C10H12Cl2N4O. The molecule has 1 N–H and O–H groups in total. The van der Waals surface area contributed by atoms with Gasteiger partial charge in [0.25, 0.3) is 0 Å². The van der Waals surface area contributed by atoms with Crippen molar-refractivity contribution >= 4 is 35.6 Å². The molecule has 0 saturated heterocycles. The average molecular weight is 275 g/mol. The van der Waals surface area contributed by atoms with Crippen LogP contribution in [0.3, 0.4) is 0 Å². The Hall–Kier alpha value is -1.33. The zero-order valence-corrected chi connectivity index (χ0v) is 10.7. The Labute approximate surface area is 110 Å². The standard InChI is InChI=1S/C10H11ClN4O.ClH/c1-7(12-9(16)6-11)10-14-13-8-4-2-3-5-15(8)10;/h2-5,7H,6H2,1H3,(H,12,16);1H. The van der Waals surface area contributed by atoms with Gasteiger partial charge in [-0.1, -0.05) is 6.07 Å². The Bertz CT molecular complexity index is 514. The van der Waals surface area contributed by atoms with Crippen LogP contribution in [0.15, 0.2) is 24.4 Å². The van der Waals surface area contributed by atoms with Crippen molar-refractivity contribution in [1.29, 1.82) is 0 Å².